The van der Waals surface area contributed by atoms with Gasteiger partial charge in [-0.2, -0.15) is 0 Å². The fraction of sp³-hybridized carbons (Fsp3) is 0.0909. The SMILES string of the molecule is Cc1nc2ccccn2c1-c1ccnc(NC(=O)CN2C(=O)c3ccccc3C2=O)n1. The molecule has 4 aromatic rings. The van der Waals surface area contributed by atoms with E-state index in [1.54, 1.807) is 30.3 Å². The average molecular weight is 412 g/mol. The lowest BCUT2D eigenvalue weighted by molar-refractivity contribution is -0.116. The van der Waals surface area contributed by atoms with Crippen molar-refractivity contribution in [3.05, 3.63) is 77.7 Å². The van der Waals surface area contributed by atoms with Gasteiger partial charge in [0.1, 0.15) is 12.2 Å². The van der Waals surface area contributed by atoms with E-state index in [0.29, 0.717) is 16.8 Å². The van der Waals surface area contributed by atoms with Crippen molar-refractivity contribution in [3.8, 4) is 11.4 Å². The molecule has 0 spiro atoms. The van der Waals surface area contributed by atoms with E-state index in [0.717, 1.165) is 21.9 Å². The van der Waals surface area contributed by atoms with Gasteiger partial charge in [-0.15, -0.1) is 0 Å². The molecule has 31 heavy (non-hydrogen) atoms. The number of rotatable bonds is 4. The Morgan fingerprint density at radius 1 is 0.968 bits per heavy atom. The molecule has 0 radical (unpaired) electrons. The monoisotopic (exact) mass is 412 g/mol. The predicted octanol–water partition coefficient (Wildman–Crippen LogP) is 2.33. The number of hydrogen-bond acceptors (Lipinski definition) is 6. The quantitative estimate of drug-likeness (QED) is 0.515. The number of benzene rings is 1. The minimum atomic E-state index is -0.568. The number of aromatic nitrogens is 4. The Bertz CT molecular complexity index is 1340. The van der Waals surface area contributed by atoms with E-state index in [9.17, 15) is 14.4 Å². The van der Waals surface area contributed by atoms with Crippen LogP contribution in [0.3, 0.4) is 0 Å². The maximum absolute atomic E-state index is 12.5. The van der Waals surface area contributed by atoms with Crippen molar-refractivity contribution in [2.24, 2.45) is 0 Å². The number of fused-ring (bicyclic) bond motifs is 2. The molecule has 1 aliphatic heterocycles. The maximum atomic E-state index is 12.5. The van der Waals surface area contributed by atoms with Crippen LogP contribution in [0.5, 0.6) is 0 Å². The van der Waals surface area contributed by atoms with Crippen LogP contribution in [0.15, 0.2) is 60.9 Å². The number of imide groups is 1. The molecule has 152 valence electrons. The van der Waals surface area contributed by atoms with Gasteiger partial charge in [-0.25, -0.2) is 15.0 Å². The predicted molar refractivity (Wildman–Crippen MR) is 111 cm³/mol. The van der Waals surface area contributed by atoms with E-state index in [4.69, 9.17) is 0 Å². The van der Waals surface area contributed by atoms with Gasteiger partial charge in [0.25, 0.3) is 11.8 Å². The minimum Gasteiger partial charge on any atom is -0.298 e. The fourth-order valence-corrected chi connectivity index (χ4v) is 3.66. The zero-order chi connectivity index (χ0) is 21.5. The molecular formula is C22H16N6O3. The number of carbonyl (C=O) groups excluding carboxylic acids is 3. The highest BCUT2D eigenvalue weighted by Gasteiger charge is 2.36. The van der Waals surface area contributed by atoms with Crippen LogP contribution in [0, 0.1) is 6.92 Å². The molecule has 9 nitrogen and oxygen atoms in total. The normalized spacial score (nSPS) is 13.0. The summed E-state index contributed by atoms with van der Waals surface area (Å²) in [7, 11) is 0. The van der Waals surface area contributed by atoms with Gasteiger partial charge in [-0.3, -0.25) is 29.0 Å². The van der Waals surface area contributed by atoms with Gasteiger partial charge in [-0.05, 0) is 37.3 Å². The molecule has 3 aromatic heterocycles. The molecule has 3 amide bonds. The summed E-state index contributed by atoms with van der Waals surface area (Å²) in [5.41, 5.74) is 3.53. The average Bonchev–Trinajstić information content (AvgIpc) is 3.23. The molecule has 1 N–H and O–H groups in total. The van der Waals surface area contributed by atoms with Crippen LogP contribution in [-0.2, 0) is 4.79 Å². The lowest BCUT2D eigenvalue weighted by Gasteiger charge is -2.13. The van der Waals surface area contributed by atoms with Gasteiger partial charge >= 0.3 is 0 Å². The summed E-state index contributed by atoms with van der Waals surface area (Å²) in [5.74, 6) is -1.48. The van der Waals surface area contributed by atoms with Gasteiger partial charge in [0.2, 0.25) is 11.9 Å². The second-order valence-electron chi connectivity index (χ2n) is 7.03. The van der Waals surface area contributed by atoms with E-state index in [-0.39, 0.29) is 5.95 Å². The first kappa shape index (κ1) is 18.6. The topological polar surface area (TPSA) is 110 Å². The Kier molecular flexibility index (Phi) is 4.28. The van der Waals surface area contributed by atoms with Crippen molar-refractivity contribution >= 4 is 29.3 Å². The minimum absolute atomic E-state index is 0.0735. The van der Waals surface area contributed by atoms with Crippen LogP contribution in [-0.4, -0.2) is 48.5 Å². The van der Waals surface area contributed by atoms with Gasteiger partial charge in [-0.1, -0.05) is 18.2 Å². The molecule has 0 fully saturated rings. The number of anilines is 1. The van der Waals surface area contributed by atoms with Crippen LogP contribution >= 0.6 is 0 Å². The molecule has 0 saturated heterocycles. The van der Waals surface area contributed by atoms with Crippen molar-refractivity contribution in [1.82, 2.24) is 24.3 Å². The highest BCUT2D eigenvalue weighted by Crippen LogP contribution is 2.24. The molecule has 9 heteroatoms. The molecule has 0 saturated carbocycles. The van der Waals surface area contributed by atoms with Crippen LogP contribution in [0.1, 0.15) is 26.4 Å². The first-order valence-electron chi connectivity index (χ1n) is 9.55. The highest BCUT2D eigenvalue weighted by molar-refractivity contribution is 6.22. The Hall–Kier alpha value is -4.40. The van der Waals surface area contributed by atoms with Gasteiger partial charge in [0, 0.05) is 12.4 Å². The van der Waals surface area contributed by atoms with Crippen LogP contribution < -0.4 is 5.32 Å². The number of nitrogens with one attached hydrogen (secondary N) is 1. The van der Waals surface area contributed by atoms with E-state index in [1.807, 2.05) is 35.7 Å². The fourth-order valence-electron chi connectivity index (χ4n) is 3.66. The van der Waals surface area contributed by atoms with Crippen LogP contribution in [0.4, 0.5) is 5.95 Å². The highest BCUT2D eigenvalue weighted by atomic mass is 16.2. The summed E-state index contributed by atoms with van der Waals surface area (Å²) in [6.07, 6.45) is 3.41. The maximum Gasteiger partial charge on any atom is 0.262 e. The zero-order valence-corrected chi connectivity index (χ0v) is 16.4. The third-order valence-corrected chi connectivity index (χ3v) is 5.03. The number of aryl methyl sites for hydroxylation is 1. The number of hydrogen-bond donors (Lipinski definition) is 1. The number of nitrogens with zero attached hydrogens (tertiary/aromatic N) is 5. The lowest BCUT2D eigenvalue weighted by Crippen LogP contribution is -2.37. The van der Waals surface area contributed by atoms with Crippen molar-refractivity contribution in [1.29, 1.82) is 0 Å². The second-order valence-corrected chi connectivity index (χ2v) is 7.03. The summed E-state index contributed by atoms with van der Waals surface area (Å²) < 4.78 is 1.90. The third-order valence-electron chi connectivity index (χ3n) is 5.03. The van der Waals surface area contributed by atoms with Gasteiger partial charge < -0.3 is 0 Å². The molecule has 0 atom stereocenters. The van der Waals surface area contributed by atoms with Gasteiger partial charge in [0.05, 0.1) is 28.2 Å². The van der Waals surface area contributed by atoms with Crippen LogP contribution in [0.25, 0.3) is 17.0 Å². The molecule has 0 aliphatic carbocycles. The number of carbonyl (C=O) groups is 3. The van der Waals surface area contributed by atoms with Crippen molar-refractivity contribution in [2.45, 2.75) is 6.92 Å². The van der Waals surface area contributed by atoms with Crippen molar-refractivity contribution < 1.29 is 14.4 Å². The van der Waals surface area contributed by atoms with Crippen molar-refractivity contribution in [3.63, 3.8) is 0 Å². The summed E-state index contributed by atoms with van der Waals surface area (Å²) in [5, 5.41) is 2.57. The molecule has 0 unspecified atom stereocenters. The summed E-state index contributed by atoms with van der Waals surface area (Å²) >= 11 is 0. The molecular weight excluding hydrogens is 396 g/mol. The summed E-state index contributed by atoms with van der Waals surface area (Å²) in [4.78, 5) is 51.4. The Balaban J connectivity index is 1.37. The Morgan fingerprint density at radius 2 is 1.68 bits per heavy atom. The summed E-state index contributed by atoms with van der Waals surface area (Å²) in [6, 6.07) is 13.9. The lowest BCUT2D eigenvalue weighted by atomic mass is 10.1. The first-order chi connectivity index (χ1) is 15.0. The largest absolute Gasteiger partial charge is 0.298 e. The van der Waals surface area contributed by atoms with E-state index < -0.39 is 24.3 Å². The number of imidazole rings is 1. The second kappa shape index (κ2) is 7.13. The van der Waals surface area contributed by atoms with E-state index >= 15 is 0 Å². The molecule has 1 aromatic carbocycles. The van der Waals surface area contributed by atoms with Crippen LogP contribution in [0.2, 0.25) is 0 Å². The smallest absolute Gasteiger partial charge is 0.262 e. The van der Waals surface area contributed by atoms with Gasteiger partial charge in [0.15, 0.2) is 0 Å². The molecule has 4 heterocycles. The first-order valence-corrected chi connectivity index (χ1v) is 9.55. The van der Waals surface area contributed by atoms with E-state index in [2.05, 4.69) is 20.3 Å². The standard InChI is InChI=1S/C22H16N6O3/c1-13-19(27-11-5-4-8-17(27)24-13)16-9-10-23-22(25-16)26-18(29)12-28-20(30)14-6-2-3-7-15(14)21(28)31/h2-11H,12H2,1H3,(H,23,25,26,29). The Morgan fingerprint density at radius 3 is 2.42 bits per heavy atom. The molecule has 5 rings (SSSR count). The van der Waals surface area contributed by atoms with Crippen molar-refractivity contribution in [2.75, 3.05) is 11.9 Å². The third kappa shape index (κ3) is 3.12. The molecule has 1 aliphatic rings. The zero-order valence-electron chi connectivity index (χ0n) is 16.4. The van der Waals surface area contributed by atoms with E-state index in [1.165, 1.54) is 6.20 Å². The summed E-state index contributed by atoms with van der Waals surface area (Å²) in [6.45, 7) is 1.46. The number of pyridine rings is 1. The Labute approximate surface area is 176 Å². The molecule has 0 bridgehead atoms. The number of amides is 3.